The predicted molar refractivity (Wildman–Crippen MR) is 79.6 cm³/mol. The Labute approximate surface area is 118 Å². The van der Waals surface area contributed by atoms with E-state index in [2.05, 4.69) is 24.0 Å². The fourth-order valence-electron chi connectivity index (χ4n) is 1.88. The molecule has 0 saturated carbocycles. The van der Waals surface area contributed by atoms with Crippen LogP contribution in [0.2, 0.25) is 10.0 Å². The van der Waals surface area contributed by atoms with E-state index in [0.717, 1.165) is 23.7 Å². The summed E-state index contributed by atoms with van der Waals surface area (Å²) in [4.78, 5) is 2.27. The Kier molecular flexibility index (Phi) is 4.51. The lowest BCUT2D eigenvalue weighted by Gasteiger charge is -2.23. The summed E-state index contributed by atoms with van der Waals surface area (Å²) in [5, 5.41) is 1.39. The van der Waals surface area contributed by atoms with E-state index < -0.39 is 0 Å². The van der Waals surface area contributed by atoms with Crippen molar-refractivity contribution in [1.82, 2.24) is 0 Å². The molecule has 3 heteroatoms. The van der Waals surface area contributed by atoms with Gasteiger partial charge < -0.3 is 4.90 Å². The van der Waals surface area contributed by atoms with Gasteiger partial charge in [0.2, 0.25) is 0 Å². The van der Waals surface area contributed by atoms with Crippen molar-refractivity contribution in [3.8, 4) is 0 Å². The van der Waals surface area contributed by atoms with Crippen molar-refractivity contribution >= 4 is 28.9 Å². The minimum absolute atomic E-state index is 0.673. The molecule has 0 aliphatic rings. The Morgan fingerprint density at radius 1 is 1.00 bits per heavy atom. The van der Waals surface area contributed by atoms with Crippen molar-refractivity contribution in [2.45, 2.75) is 13.5 Å². The van der Waals surface area contributed by atoms with Gasteiger partial charge in [-0.3, -0.25) is 0 Å². The van der Waals surface area contributed by atoms with Crippen LogP contribution in [0.15, 0.2) is 48.5 Å². The summed E-state index contributed by atoms with van der Waals surface area (Å²) in [6.45, 7) is 3.86. The molecule has 2 rings (SSSR count). The van der Waals surface area contributed by atoms with Crippen molar-refractivity contribution in [3.63, 3.8) is 0 Å². The number of hydrogen-bond acceptors (Lipinski definition) is 1. The van der Waals surface area contributed by atoms with Crippen LogP contribution in [-0.2, 0) is 6.54 Å². The van der Waals surface area contributed by atoms with E-state index in [-0.39, 0.29) is 0 Å². The first kappa shape index (κ1) is 13.3. The van der Waals surface area contributed by atoms with Crippen LogP contribution < -0.4 is 4.90 Å². The molecule has 18 heavy (non-hydrogen) atoms. The minimum Gasteiger partial charge on any atom is -0.367 e. The van der Waals surface area contributed by atoms with E-state index in [1.807, 2.05) is 30.3 Å². The van der Waals surface area contributed by atoms with Gasteiger partial charge >= 0.3 is 0 Å². The van der Waals surface area contributed by atoms with Crippen LogP contribution in [0.3, 0.4) is 0 Å². The minimum atomic E-state index is 0.673. The summed E-state index contributed by atoms with van der Waals surface area (Å²) in [7, 11) is 0. The number of halogens is 2. The fourth-order valence-corrected chi connectivity index (χ4v) is 2.35. The molecular formula is C15H15Cl2N. The molecule has 0 amide bonds. The highest BCUT2D eigenvalue weighted by molar-refractivity contribution is 6.35. The van der Waals surface area contributed by atoms with E-state index in [1.54, 1.807) is 6.07 Å². The topological polar surface area (TPSA) is 3.24 Å². The van der Waals surface area contributed by atoms with Gasteiger partial charge in [-0.2, -0.15) is 0 Å². The Bertz CT molecular complexity index is 511. The number of hydrogen-bond donors (Lipinski definition) is 0. The molecule has 0 saturated heterocycles. The number of rotatable bonds is 4. The van der Waals surface area contributed by atoms with Gasteiger partial charge in [0.15, 0.2) is 0 Å². The number of para-hydroxylation sites is 1. The van der Waals surface area contributed by atoms with Crippen LogP contribution in [0, 0.1) is 0 Å². The van der Waals surface area contributed by atoms with Crippen LogP contribution in [0.5, 0.6) is 0 Å². The first-order chi connectivity index (χ1) is 8.70. The molecule has 0 spiro atoms. The summed E-state index contributed by atoms with van der Waals surface area (Å²) in [5.41, 5.74) is 2.29. The van der Waals surface area contributed by atoms with Crippen molar-refractivity contribution in [2.75, 3.05) is 11.4 Å². The molecule has 2 aromatic rings. The van der Waals surface area contributed by atoms with E-state index >= 15 is 0 Å². The molecule has 0 fully saturated rings. The Morgan fingerprint density at radius 3 is 2.33 bits per heavy atom. The Balaban J connectivity index is 2.21. The summed E-state index contributed by atoms with van der Waals surface area (Å²) in [5.74, 6) is 0. The molecule has 0 aliphatic carbocycles. The second kappa shape index (κ2) is 6.12. The van der Waals surface area contributed by atoms with Gasteiger partial charge in [-0.25, -0.2) is 0 Å². The van der Waals surface area contributed by atoms with Gasteiger partial charge in [0, 0.05) is 28.8 Å². The molecule has 0 atom stereocenters. The first-order valence-corrected chi connectivity index (χ1v) is 6.70. The van der Waals surface area contributed by atoms with Gasteiger partial charge in [-0.15, -0.1) is 0 Å². The quantitative estimate of drug-likeness (QED) is 0.760. The van der Waals surface area contributed by atoms with Crippen molar-refractivity contribution < 1.29 is 0 Å². The average molecular weight is 280 g/mol. The molecule has 2 aromatic carbocycles. The zero-order chi connectivity index (χ0) is 13.0. The monoisotopic (exact) mass is 279 g/mol. The highest BCUT2D eigenvalue weighted by atomic mass is 35.5. The van der Waals surface area contributed by atoms with Crippen LogP contribution in [0.4, 0.5) is 5.69 Å². The second-order valence-electron chi connectivity index (χ2n) is 4.09. The molecule has 0 N–H and O–H groups in total. The Morgan fingerprint density at radius 2 is 1.72 bits per heavy atom. The predicted octanol–water partition coefficient (Wildman–Crippen LogP) is 5.02. The van der Waals surface area contributed by atoms with Crippen LogP contribution in [-0.4, -0.2) is 6.54 Å². The van der Waals surface area contributed by atoms with Crippen molar-refractivity contribution in [2.24, 2.45) is 0 Å². The van der Waals surface area contributed by atoms with Crippen LogP contribution >= 0.6 is 23.2 Å². The van der Waals surface area contributed by atoms with Gasteiger partial charge in [0.05, 0.1) is 0 Å². The van der Waals surface area contributed by atoms with Crippen molar-refractivity contribution in [1.29, 1.82) is 0 Å². The maximum absolute atomic E-state index is 6.21. The van der Waals surface area contributed by atoms with Gasteiger partial charge in [-0.1, -0.05) is 47.5 Å². The summed E-state index contributed by atoms with van der Waals surface area (Å²) < 4.78 is 0. The van der Waals surface area contributed by atoms with Crippen molar-refractivity contribution in [3.05, 3.63) is 64.1 Å². The number of benzene rings is 2. The summed E-state index contributed by atoms with van der Waals surface area (Å²) in [6.07, 6.45) is 0. The van der Waals surface area contributed by atoms with Gasteiger partial charge in [0.25, 0.3) is 0 Å². The third-order valence-corrected chi connectivity index (χ3v) is 3.47. The molecule has 0 aromatic heterocycles. The van der Waals surface area contributed by atoms with E-state index in [0.29, 0.717) is 5.02 Å². The van der Waals surface area contributed by atoms with Crippen LogP contribution in [0.1, 0.15) is 12.5 Å². The molecule has 94 valence electrons. The third kappa shape index (κ3) is 3.18. The number of nitrogens with zero attached hydrogens (tertiary/aromatic N) is 1. The molecule has 0 unspecified atom stereocenters. The van der Waals surface area contributed by atoms with Gasteiger partial charge in [-0.05, 0) is 36.8 Å². The summed E-state index contributed by atoms with van der Waals surface area (Å²) >= 11 is 12.1. The smallest absolute Gasteiger partial charge is 0.0470 e. The highest BCUT2D eigenvalue weighted by Crippen LogP contribution is 2.24. The zero-order valence-corrected chi connectivity index (χ0v) is 11.7. The lowest BCUT2D eigenvalue weighted by atomic mass is 10.2. The highest BCUT2D eigenvalue weighted by Gasteiger charge is 2.07. The lowest BCUT2D eigenvalue weighted by molar-refractivity contribution is 0.832. The SMILES string of the molecule is CCN(Cc1ccc(Cl)cc1Cl)c1ccccc1. The van der Waals surface area contributed by atoms with E-state index in [9.17, 15) is 0 Å². The zero-order valence-electron chi connectivity index (χ0n) is 10.2. The first-order valence-electron chi connectivity index (χ1n) is 5.94. The van der Waals surface area contributed by atoms with E-state index in [4.69, 9.17) is 23.2 Å². The molecule has 1 nitrogen and oxygen atoms in total. The fraction of sp³-hybridized carbons (Fsp3) is 0.200. The van der Waals surface area contributed by atoms with Crippen LogP contribution in [0.25, 0.3) is 0 Å². The lowest BCUT2D eigenvalue weighted by Crippen LogP contribution is -2.21. The average Bonchev–Trinajstić information content (AvgIpc) is 2.39. The van der Waals surface area contributed by atoms with E-state index in [1.165, 1.54) is 5.69 Å². The standard InChI is InChI=1S/C15H15Cl2N/c1-2-18(14-6-4-3-5-7-14)11-12-8-9-13(16)10-15(12)17/h3-10H,2,11H2,1H3. The molecular weight excluding hydrogens is 265 g/mol. The summed E-state index contributed by atoms with van der Waals surface area (Å²) in [6, 6.07) is 16.0. The Hall–Kier alpha value is -1.18. The second-order valence-corrected chi connectivity index (χ2v) is 4.93. The normalized spacial score (nSPS) is 10.4. The maximum atomic E-state index is 6.21. The maximum Gasteiger partial charge on any atom is 0.0470 e. The third-order valence-electron chi connectivity index (χ3n) is 2.88. The molecule has 0 aliphatic heterocycles. The molecule has 0 bridgehead atoms. The largest absolute Gasteiger partial charge is 0.367 e. The number of anilines is 1. The molecule has 0 heterocycles. The molecule has 0 radical (unpaired) electrons. The van der Waals surface area contributed by atoms with Gasteiger partial charge in [0.1, 0.15) is 0 Å².